The zero-order valence-corrected chi connectivity index (χ0v) is 23.2. The number of aliphatic hydroxyl groups is 3. The van der Waals surface area contributed by atoms with Gasteiger partial charge in [-0.25, -0.2) is 0 Å². The van der Waals surface area contributed by atoms with Crippen molar-refractivity contribution in [2.24, 2.45) is 45.3 Å². The molecule has 5 rings (SSSR count). The number of fused-ring (bicyclic) bond motifs is 5. The van der Waals surface area contributed by atoms with Crippen LogP contribution in [0.4, 0.5) is 0 Å². The van der Waals surface area contributed by atoms with Crippen LogP contribution in [0.2, 0.25) is 0 Å². The van der Waals surface area contributed by atoms with E-state index in [0.717, 1.165) is 44.9 Å². The summed E-state index contributed by atoms with van der Waals surface area (Å²) in [5, 5.41) is 33.4. The fourth-order valence-corrected chi connectivity index (χ4v) is 11.1. The maximum Gasteiger partial charge on any atom is 0.0865 e. The van der Waals surface area contributed by atoms with Crippen molar-refractivity contribution in [3.63, 3.8) is 0 Å². The molecule has 1 heterocycles. The van der Waals surface area contributed by atoms with E-state index in [1.165, 1.54) is 12.8 Å². The molecule has 0 amide bonds. The SMILES string of the molecule is CC(C)(O)[C@H]1CC[C@@](C)([C@H]2CC[C@]3(C)[C@@H]2[C@H](O)C[C@@H]2[C@@]4(C)CC[C@H](O)C(C)(C)[C@H]4CC[C@]23C)O1. The molecule has 5 aliphatic rings. The van der Waals surface area contributed by atoms with Crippen molar-refractivity contribution in [1.82, 2.24) is 0 Å². The first kappa shape index (κ1) is 25.5. The molecule has 0 unspecified atom stereocenters. The van der Waals surface area contributed by atoms with E-state index in [9.17, 15) is 15.3 Å². The van der Waals surface area contributed by atoms with E-state index in [-0.39, 0.29) is 51.5 Å². The van der Waals surface area contributed by atoms with Gasteiger partial charge in [0, 0.05) is 0 Å². The van der Waals surface area contributed by atoms with Crippen molar-refractivity contribution in [3.05, 3.63) is 0 Å². The van der Waals surface area contributed by atoms with Gasteiger partial charge in [-0.3, -0.25) is 0 Å². The molecule has 0 aromatic rings. The molecule has 196 valence electrons. The lowest BCUT2D eigenvalue weighted by Crippen LogP contribution is -2.66. The largest absolute Gasteiger partial charge is 0.393 e. The smallest absolute Gasteiger partial charge is 0.0865 e. The van der Waals surface area contributed by atoms with Crippen molar-refractivity contribution in [1.29, 1.82) is 0 Å². The van der Waals surface area contributed by atoms with Crippen LogP contribution in [-0.2, 0) is 4.74 Å². The molecule has 1 aliphatic heterocycles. The molecule has 0 aromatic heterocycles. The first-order valence-corrected chi connectivity index (χ1v) is 14.3. The van der Waals surface area contributed by atoms with Crippen LogP contribution >= 0.6 is 0 Å². The van der Waals surface area contributed by atoms with E-state index >= 15 is 0 Å². The summed E-state index contributed by atoms with van der Waals surface area (Å²) in [5.74, 6) is 1.59. The highest BCUT2D eigenvalue weighted by Gasteiger charge is 2.71. The highest BCUT2D eigenvalue weighted by Crippen LogP contribution is 2.76. The maximum absolute atomic E-state index is 11.9. The van der Waals surface area contributed by atoms with Crippen molar-refractivity contribution < 1.29 is 20.1 Å². The van der Waals surface area contributed by atoms with E-state index in [4.69, 9.17) is 4.74 Å². The lowest BCUT2D eigenvalue weighted by Gasteiger charge is -2.70. The summed E-state index contributed by atoms with van der Waals surface area (Å²) >= 11 is 0. The Hall–Kier alpha value is -0.160. The maximum atomic E-state index is 11.9. The van der Waals surface area contributed by atoms with Crippen molar-refractivity contribution in [2.45, 2.75) is 143 Å². The van der Waals surface area contributed by atoms with E-state index in [1.54, 1.807) is 0 Å². The number of hydrogen-bond donors (Lipinski definition) is 3. The van der Waals surface area contributed by atoms with Gasteiger partial charge in [0.1, 0.15) is 0 Å². The Morgan fingerprint density at radius 2 is 1.41 bits per heavy atom. The van der Waals surface area contributed by atoms with E-state index in [0.29, 0.717) is 17.8 Å². The van der Waals surface area contributed by atoms with E-state index in [1.807, 2.05) is 13.8 Å². The van der Waals surface area contributed by atoms with Crippen LogP contribution < -0.4 is 0 Å². The summed E-state index contributed by atoms with van der Waals surface area (Å²) in [4.78, 5) is 0. The Morgan fingerprint density at radius 1 is 0.765 bits per heavy atom. The van der Waals surface area contributed by atoms with Crippen LogP contribution in [0.15, 0.2) is 0 Å². The van der Waals surface area contributed by atoms with Gasteiger partial charge in [0.05, 0.1) is 29.5 Å². The second-order valence-corrected chi connectivity index (χ2v) is 15.4. The topological polar surface area (TPSA) is 69.9 Å². The standard InChI is InChI=1S/C30H52O4/c1-25(2)20-10-15-28(6)21(27(20,5)13-11-22(25)32)17-19(31)24-18(9-14-29(24,28)7)30(8)16-12-23(34-30)26(3,4)33/h18-24,31-33H,9-17H2,1-8H3/t18-,19+,20+,21+,22-,23+,24-,27-,28+,29+,30-/m0/s1. The number of aliphatic hydroxyl groups excluding tert-OH is 2. The summed E-state index contributed by atoms with van der Waals surface area (Å²) in [6.07, 6.45) is 8.72. The molecule has 4 nitrogen and oxygen atoms in total. The molecule has 0 bridgehead atoms. The quantitative estimate of drug-likeness (QED) is 0.477. The average Bonchev–Trinajstić information content (AvgIpc) is 3.30. The highest BCUT2D eigenvalue weighted by molar-refractivity contribution is 5.20. The Kier molecular flexibility index (Phi) is 5.59. The third-order valence-corrected chi connectivity index (χ3v) is 13.3. The van der Waals surface area contributed by atoms with Crippen LogP contribution in [0.3, 0.4) is 0 Å². The molecular weight excluding hydrogens is 424 g/mol. The fourth-order valence-electron chi connectivity index (χ4n) is 11.1. The first-order valence-electron chi connectivity index (χ1n) is 14.3. The van der Waals surface area contributed by atoms with Gasteiger partial charge >= 0.3 is 0 Å². The van der Waals surface area contributed by atoms with Crippen molar-refractivity contribution in [3.8, 4) is 0 Å². The van der Waals surface area contributed by atoms with E-state index in [2.05, 4.69) is 41.5 Å². The van der Waals surface area contributed by atoms with Crippen molar-refractivity contribution >= 4 is 0 Å². The van der Waals surface area contributed by atoms with Gasteiger partial charge in [0.2, 0.25) is 0 Å². The zero-order valence-electron chi connectivity index (χ0n) is 23.2. The molecule has 0 aromatic carbocycles. The number of hydrogen-bond acceptors (Lipinski definition) is 4. The average molecular weight is 477 g/mol. The molecule has 1 saturated heterocycles. The van der Waals surface area contributed by atoms with Gasteiger partial charge in [0.25, 0.3) is 0 Å². The third-order valence-electron chi connectivity index (χ3n) is 13.3. The minimum absolute atomic E-state index is 0.0630. The molecule has 11 atom stereocenters. The predicted octanol–water partition coefficient (Wildman–Crippen LogP) is 5.71. The molecule has 4 heteroatoms. The van der Waals surface area contributed by atoms with Gasteiger partial charge in [0.15, 0.2) is 0 Å². The molecule has 4 aliphatic carbocycles. The molecule has 5 fully saturated rings. The summed E-state index contributed by atoms with van der Waals surface area (Å²) in [5.41, 5.74) is -0.703. The van der Waals surface area contributed by atoms with Gasteiger partial charge < -0.3 is 20.1 Å². The molecule has 4 saturated carbocycles. The molecule has 0 spiro atoms. The van der Waals surface area contributed by atoms with Gasteiger partial charge in [-0.15, -0.1) is 0 Å². The second-order valence-electron chi connectivity index (χ2n) is 15.4. The molecule has 34 heavy (non-hydrogen) atoms. The van der Waals surface area contributed by atoms with E-state index < -0.39 is 5.60 Å². The van der Waals surface area contributed by atoms with Crippen LogP contribution in [-0.4, -0.2) is 44.8 Å². The monoisotopic (exact) mass is 476 g/mol. The zero-order chi connectivity index (χ0) is 25.1. The molecule has 0 radical (unpaired) electrons. The second kappa shape index (κ2) is 7.45. The summed E-state index contributed by atoms with van der Waals surface area (Å²) in [6.45, 7) is 18.1. The highest BCUT2D eigenvalue weighted by atomic mass is 16.5. The normalized spacial score (nSPS) is 57.1. The number of rotatable bonds is 2. The Bertz CT molecular complexity index is 817. The summed E-state index contributed by atoms with van der Waals surface area (Å²) in [6, 6.07) is 0. The van der Waals surface area contributed by atoms with Crippen LogP contribution in [0.25, 0.3) is 0 Å². The third kappa shape index (κ3) is 3.16. The predicted molar refractivity (Wildman–Crippen MR) is 135 cm³/mol. The fraction of sp³-hybridized carbons (Fsp3) is 1.00. The lowest BCUT2D eigenvalue weighted by molar-refractivity contribution is -0.248. The first-order chi connectivity index (χ1) is 15.5. The van der Waals surface area contributed by atoms with Crippen molar-refractivity contribution in [2.75, 3.05) is 0 Å². The molecular formula is C30H52O4. The lowest BCUT2D eigenvalue weighted by atomic mass is 9.35. The molecule has 3 N–H and O–H groups in total. The summed E-state index contributed by atoms with van der Waals surface area (Å²) < 4.78 is 6.66. The Morgan fingerprint density at radius 3 is 2.03 bits per heavy atom. The van der Waals surface area contributed by atoms with Crippen LogP contribution in [0.1, 0.15) is 113 Å². The number of ether oxygens (including phenoxy) is 1. The minimum atomic E-state index is -0.826. The summed E-state index contributed by atoms with van der Waals surface area (Å²) in [7, 11) is 0. The van der Waals surface area contributed by atoms with Gasteiger partial charge in [-0.1, -0.05) is 34.6 Å². The van der Waals surface area contributed by atoms with Gasteiger partial charge in [-0.05, 0) is 124 Å². The van der Waals surface area contributed by atoms with Crippen LogP contribution in [0.5, 0.6) is 0 Å². The minimum Gasteiger partial charge on any atom is -0.393 e. The Labute approximate surface area is 208 Å². The Balaban J connectivity index is 1.48. The van der Waals surface area contributed by atoms with Crippen LogP contribution in [0, 0.1) is 45.3 Å². The van der Waals surface area contributed by atoms with Gasteiger partial charge in [-0.2, -0.15) is 0 Å².